The maximum absolute atomic E-state index is 5.68. The van der Waals surface area contributed by atoms with E-state index in [-0.39, 0.29) is 0 Å². The van der Waals surface area contributed by atoms with Crippen LogP contribution in [0.15, 0.2) is 24.3 Å². The van der Waals surface area contributed by atoms with Gasteiger partial charge >= 0.3 is 0 Å². The Labute approximate surface area is 117 Å². The summed E-state index contributed by atoms with van der Waals surface area (Å²) in [6.07, 6.45) is 3.86. The second kappa shape index (κ2) is 7.96. The van der Waals surface area contributed by atoms with Crippen molar-refractivity contribution in [1.29, 1.82) is 0 Å². The number of hydrogen-bond donors (Lipinski definition) is 1. The first-order chi connectivity index (χ1) is 9.35. The van der Waals surface area contributed by atoms with Crippen LogP contribution in [-0.2, 0) is 9.05 Å². The third-order valence-corrected chi connectivity index (χ3v) is 5.01. The van der Waals surface area contributed by atoms with Crippen LogP contribution in [0.2, 0.25) is 0 Å². The first-order valence-corrected chi connectivity index (χ1v) is 8.42. The van der Waals surface area contributed by atoms with Gasteiger partial charge in [-0.05, 0) is 50.9 Å². The van der Waals surface area contributed by atoms with Crippen molar-refractivity contribution < 1.29 is 9.05 Å². The molecule has 106 valence electrons. The van der Waals surface area contributed by atoms with Gasteiger partial charge in [0.05, 0.1) is 13.2 Å². The van der Waals surface area contributed by atoms with Crippen molar-refractivity contribution >= 4 is 13.7 Å². The molecule has 1 aliphatic rings. The lowest BCUT2D eigenvalue weighted by Gasteiger charge is -2.24. The molecule has 0 amide bonds. The van der Waals surface area contributed by atoms with E-state index in [0.29, 0.717) is 19.3 Å². The quantitative estimate of drug-likeness (QED) is 0.809. The molecule has 0 radical (unpaired) electrons. The van der Waals surface area contributed by atoms with Crippen molar-refractivity contribution in [3.63, 3.8) is 0 Å². The van der Waals surface area contributed by atoms with Gasteiger partial charge in [0, 0.05) is 11.3 Å². The predicted octanol–water partition coefficient (Wildman–Crippen LogP) is 3.51. The highest BCUT2D eigenvalue weighted by atomic mass is 31.2. The van der Waals surface area contributed by atoms with Crippen molar-refractivity contribution in [2.24, 2.45) is 0 Å². The highest BCUT2D eigenvalue weighted by Gasteiger charge is 2.16. The highest BCUT2D eigenvalue weighted by molar-refractivity contribution is 7.56. The van der Waals surface area contributed by atoms with Crippen molar-refractivity contribution in [3.05, 3.63) is 29.8 Å². The van der Waals surface area contributed by atoms with Crippen LogP contribution in [-0.4, -0.2) is 19.8 Å². The van der Waals surface area contributed by atoms with E-state index < -0.39 is 8.38 Å². The lowest BCUT2D eigenvalue weighted by molar-refractivity contribution is 0.277. The molecule has 1 N–H and O–H groups in total. The number of nitrogens with one attached hydrogen (secondary N) is 1. The van der Waals surface area contributed by atoms with Crippen molar-refractivity contribution in [1.82, 2.24) is 5.32 Å². The van der Waals surface area contributed by atoms with E-state index in [2.05, 4.69) is 29.6 Å². The number of rotatable bonds is 6. The Hall–Kier alpha value is -0.470. The fourth-order valence-corrected chi connectivity index (χ4v) is 3.62. The molecule has 1 atom stereocenters. The van der Waals surface area contributed by atoms with Crippen molar-refractivity contribution in [2.75, 3.05) is 19.8 Å². The molecule has 1 aliphatic heterocycles. The fourth-order valence-electron chi connectivity index (χ4n) is 2.39. The molecule has 0 saturated carbocycles. The fraction of sp³-hybridized carbons (Fsp3) is 0.600. The molecule has 1 aromatic rings. The lowest BCUT2D eigenvalue weighted by Crippen LogP contribution is -2.26. The van der Waals surface area contributed by atoms with Crippen LogP contribution >= 0.6 is 8.38 Å². The highest BCUT2D eigenvalue weighted by Crippen LogP contribution is 2.37. The summed E-state index contributed by atoms with van der Waals surface area (Å²) >= 11 is 0. The van der Waals surface area contributed by atoms with Gasteiger partial charge in [-0.25, -0.2) is 0 Å². The normalized spacial score (nSPS) is 19.8. The largest absolute Gasteiger partial charge is 0.331 e. The molecular weight excluding hydrogens is 257 g/mol. The first kappa shape index (κ1) is 14.9. The maximum atomic E-state index is 5.68. The van der Waals surface area contributed by atoms with Gasteiger partial charge in [-0.2, -0.15) is 0 Å². The van der Waals surface area contributed by atoms with E-state index in [0.717, 1.165) is 6.54 Å². The van der Waals surface area contributed by atoms with Gasteiger partial charge in [-0.1, -0.05) is 18.6 Å². The zero-order chi connectivity index (χ0) is 13.5. The topological polar surface area (TPSA) is 30.5 Å². The minimum absolute atomic E-state index is 0.521. The molecule has 2 rings (SSSR count). The summed E-state index contributed by atoms with van der Waals surface area (Å²) in [5.41, 5.74) is 1.38. The van der Waals surface area contributed by atoms with E-state index in [9.17, 15) is 0 Å². The van der Waals surface area contributed by atoms with Crippen LogP contribution < -0.4 is 10.6 Å². The van der Waals surface area contributed by atoms with Gasteiger partial charge in [-0.15, -0.1) is 0 Å². The molecule has 1 heterocycles. The first-order valence-electron chi connectivity index (χ1n) is 7.24. The van der Waals surface area contributed by atoms with E-state index in [1.54, 1.807) is 0 Å². The monoisotopic (exact) mass is 281 g/mol. The minimum Gasteiger partial charge on any atom is -0.331 e. The van der Waals surface area contributed by atoms with Gasteiger partial charge in [0.25, 0.3) is 0 Å². The second-order valence-electron chi connectivity index (χ2n) is 4.69. The molecule has 4 heteroatoms. The Bertz CT molecular complexity index is 357. The summed E-state index contributed by atoms with van der Waals surface area (Å²) in [6.45, 7) is 6.54. The molecule has 3 nitrogen and oxygen atoms in total. The Morgan fingerprint density at radius 3 is 2.32 bits per heavy atom. The van der Waals surface area contributed by atoms with Crippen molar-refractivity contribution in [2.45, 2.75) is 39.2 Å². The maximum Gasteiger partial charge on any atom is 0.205 e. The van der Waals surface area contributed by atoms with Gasteiger partial charge in [0.2, 0.25) is 8.38 Å². The summed E-state index contributed by atoms with van der Waals surface area (Å²) in [6, 6.07) is 9.26. The molecule has 1 saturated heterocycles. The summed E-state index contributed by atoms with van der Waals surface area (Å²) < 4.78 is 11.4. The number of piperidine rings is 1. The van der Waals surface area contributed by atoms with E-state index in [1.165, 1.54) is 30.1 Å². The zero-order valence-electron chi connectivity index (χ0n) is 11.9. The average molecular weight is 281 g/mol. The standard InChI is InChI=1S/C15H24NO2P/c1-3-17-19(18-4-2)14-10-8-13(9-11-14)15-7-5-6-12-16-15/h8-11,15-16H,3-7,12H2,1-2H3. The summed E-state index contributed by atoms with van der Waals surface area (Å²) in [4.78, 5) is 0. The average Bonchev–Trinajstić information content (AvgIpc) is 2.48. The molecular formula is C15H24NO2P. The molecule has 0 aromatic heterocycles. The Morgan fingerprint density at radius 2 is 1.79 bits per heavy atom. The lowest BCUT2D eigenvalue weighted by atomic mass is 9.98. The smallest absolute Gasteiger partial charge is 0.205 e. The molecule has 1 aromatic carbocycles. The predicted molar refractivity (Wildman–Crippen MR) is 80.8 cm³/mol. The molecule has 19 heavy (non-hydrogen) atoms. The Morgan fingerprint density at radius 1 is 1.11 bits per heavy atom. The van der Waals surface area contributed by atoms with Gasteiger partial charge < -0.3 is 14.4 Å². The summed E-state index contributed by atoms with van der Waals surface area (Å²) in [5.74, 6) is 0. The van der Waals surface area contributed by atoms with Crippen molar-refractivity contribution in [3.8, 4) is 0 Å². The zero-order valence-corrected chi connectivity index (χ0v) is 12.8. The third kappa shape index (κ3) is 4.25. The Kier molecular flexibility index (Phi) is 6.25. The van der Waals surface area contributed by atoms with Crippen LogP contribution in [0.1, 0.15) is 44.7 Å². The molecule has 1 fully saturated rings. The molecule has 0 spiro atoms. The van der Waals surface area contributed by atoms with Crippen LogP contribution in [0.4, 0.5) is 0 Å². The number of benzene rings is 1. The van der Waals surface area contributed by atoms with E-state index >= 15 is 0 Å². The van der Waals surface area contributed by atoms with E-state index in [4.69, 9.17) is 9.05 Å². The van der Waals surface area contributed by atoms with Crippen LogP contribution in [0.5, 0.6) is 0 Å². The van der Waals surface area contributed by atoms with E-state index in [1.807, 2.05) is 13.8 Å². The summed E-state index contributed by atoms with van der Waals surface area (Å²) in [5, 5.41) is 4.74. The molecule has 0 aliphatic carbocycles. The summed E-state index contributed by atoms with van der Waals surface area (Å²) in [7, 11) is -0.906. The van der Waals surface area contributed by atoms with Crippen LogP contribution in [0, 0.1) is 0 Å². The van der Waals surface area contributed by atoms with Gasteiger partial charge in [0.15, 0.2) is 0 Å². The van der Waals surface area contributed by atoms with Crippen LogP contribution in [0.25, 0.3) is 0 Å². The number of hydrogen-bond acceptors (Lipinski definition) is 3. The SMILES string of the molecule is CCOP(OCC)c1ccc(C2CCCCN2)cc1. The second-order valence-corrected chi connectivity index (χ2v) is 6.23. The van der Waals surface area contributed by atoms with Gasteiger partial charge in [0.1, 0.15) is 0 Å². The molecule has 1 unspecified atom stereocenters. The van der Waals surface area contributed by atoms with Crippen LogP contribution in [0.3, 0.4) is 0 Å². The minimum atomic E-state index is -0.906. The Balaban J connectivity index is 2.03. The molecule has 0 bridgehead atoms. The van der Waals surface area contributed by atoms with Gasteiger partial charge in [-0.3, -0.25) is 0 Å². The third-order valence-electron chi connectivity index (χ3n) is 3.31.